The number of carbonyl (C=O) groups excluding carboxylic acids is 1. The molecule has 3 rings (SSSR count). The van der Waals surface area contributed by atoms with Crippen LogP contribution in [-0.4, -0.2) is 25.8 Å². The highest BCUT2D eigenvalue weighted by Gasteiger charge is 2.31. The lowest BCUT2D eigenvalue weighted by Gasteiger charge is -2.27. The van der Waals surface area contributed by atoms with Gasteiger partial charge in [0.05, 0.1) is 11.2 Å². The van der Waals surface area contributed by atoms with Crippen molar-refractivity contribution in [1.82, 2.24) is 15.0 Å². The number of hydrogen-bond acceptors (Lipinski definition) is 6. The van der Waals surface area contributed by atoms with Gasteiger partial charge in [0, 0.05) is 29.4 Å². The van der Waals surface area contributed by atoms with Crippen molar-refractivity contribution in [3.05, 3.63) is 56.9 Å². The number of halogens is 2. The Morgan fingerprint density at radius 3 is 2.47 bits per heavy atom. The van der Waals surface area contributed by atoms with Crippen molar-refractivity contribution in [2.75, 3.05) is 0 Å². The van der Waals surface area contributed by atoms with Gasteiger partial charge in [-0.05, 0) is 74.8 Å². The molecule has 0 amide bonds. The number of aromatic nitrogens is 3. The third-order valence-electron chi connectivity index (χ3n) is 6.43. The summed E-state index contributed by atoms with van der Waals surface area (Å²) in [6.45, 7) is 12.9. The molecule has 0 aliphatic heterocycles. The van der Waals surface area contributed by atoms with Crippen LogP contribution in [0.3, 0.4) is 0 Å². The van der Waals surface area contributed by atoms with E-state index >= 15 is 4.39 Å². The number of pyridine rings is 1. The summed E-state index contributed by atoms with van der Waals surface area (Å²) in [5, 5.41) is 10.4. The summed E-state index contributed by atoms with van der Waals surface area (Å²) >= 11 is 5.96. The van der Waals surface area contributed by atoms with E-state index in [1.54, 1.807) is 20.0 Å². The number of ketones is 1. The second kappa shape index (κ2) is 11.2. The highest BCUT2D eigenvalue weighted by Crippen LogP contribution is 2.42. The Hall–Kier alpha value is -2.64. The molecule has 0 unspecified atom stereocenters. The van der Waals surface area contributed by atoms with Crippen LogP contribution in [0.2, 0.25) is 5.28 Å². The number of Topliss-reactive ketones (excluding diaryl/α,β-unsaturated/α-hetero) is 1. The lowest BCUT2D eigenvalue weighted by molar-refractivity contribution is -0.118. The van der Waals surface area contributed by atoms with E-state index in [2.05, 4.69) is 21.9 Å². The minimum Gasteiger partial charge on any atom is -0.417 e. The van der Waals surface area contributed by atoms with E-state index in [0.717, 1.165) is 40.7 Å². The van der Waals surface area contributed by atoms with Gasteiger partial charge in [-0.3, -0.25) is 4.79 Å². The quantitative estimate of drug-likeness (QED) is 0.282. The number of aryl methyl sites for hydroxylation is 1. The molecule has 36 heavy (non-hydrogen) atoms. The van der Waals surface area contributed by atoms with Gasteiger partial charge in [0.1, 0.15) is 0 Å². The van der Waals surface area contributed by atoms with Crippen LogP contribution in [0.1, 0.15) is 90.8 Å². The molecule has 0 saturated carbocycles. The van der Waals surface area contributed by atoms with Crippen molar-refractivity contribution >= 4 is 23.0 Å². The maximum atomic E-state index is 16.1. The van der Waals surface area contributed by atoms with Crippen LogP contribution in [-0.2, 0) is 16.8 Å². The van der Waals surface area contributed by atoms with E-state index in [4.69, 9.17) is 16.3 Å². The van der Waals surface area contributed by atoms with E-state index < -0.39 is 11.4 Å². The molecule has 0 saturated heterocycles. The zero-order chi connectivity index (χ0) is 26.8. The highest BCUT2D eigenvalue weighted by molar-refractivity contribution is 6.28. The van der Waals surface area contributed by atoms with Gasteiger partial charge >= 0.3 is 0 Å². The largest absolute Gasteiger partial charge is 0.417 e. The molecular weight excluding hydrogens is 481 g/mol. The van der Waals surface area contributed by atoms with Crippen molar-refractivity contribution in [2.45, 2.75) is 86.2 Å². The Bertz CT molecular complexity index is 1230. The third kappa shape index (κ3) is 5.68. The summed E-state index contributed by atoms with van der Waals surface area (Å²) in [5.74, 6) is -1.04. The molecular formula is C28H35ClFN3O3. The minimum absolute atomic E-state index is 0.0683. The second-order valence-corrected chi connectivity index (χ2v) is 10.4. The van der Waals surface area contributed by atoms with Crippen LogP contribution < -0.4 is 4.74 Å². The molecule has 0 radical (unpaired) electrons. The fraction of sp³-hybridized carbons (Fsp3) is 0.500. The Labute approximate surface area is 217 Å². The molecule has 6 nitrogen and oxygen atoms in total. The molecule has 1 aliphatic carbocycles. The first-order chi connectivity index (χ1) is 16.9. The standard InChI is InChI=1S/C28H35ClFN3O3/c1-8-10-16(5)21(24(34)15(3)4)19-12-11-17-13-31-26(23(30)22(17)18(19)9-2)36-25-20(28(6,7)35)14-32-27(29)33-25/h13-15,35H,8-12H2,1-7H3/b21-16-. The van der Waals surface area contributed by atoms with Crippen LogP contribution in [0, 0.1) is 11.7 Å². The molecule has 1 N–H and O–H groups in total. The van der Waals surface area contributed by atoms with Gasteiger partial charge in [0.2, 0.25) is 11.2 Å². The fourth-order valence-electron chi connectivity index (χ4n) is 4.66. The van der Waals surface area contributed by atoms with Gasteiger partial charge in [-0.1, -0.05) is 39.7 Å². The predicted molar refractivity (Wildman–Crippen MR) is 140 cm³/mol. The van der Waals surface area contributed by atoms with Crippen molar-refractivity contribution in [3.63, 3.8) is 0 Å². The smallest absolute Gasteiger partial charge is 0.258 e. The Morgan fingerprint density at radius 2 is 1.89 bits per heavy atom. The van der Waals surface area contributed by atoms with Crippen LogP contribution in [0.15, 0.2) is 29.1 Å². The summed E-state index contributed by atoms with van der Waals surface area (Å²) in [5.41, 5.74) is 3.58. The SMILES string of the molecule is CCC/C(C)=C(\C(=O)C(C)C)C1=C(CC)c2c(cnc(Oc3nc(Cl)ncc3C(C)(C)O)c2F)CC1. The predicted octanol–water partition coefficient (Wildman–Crippen LogP) is 7.14. The Kier molecular flexibility index (Phi) is 8.67. The molecule has 0 atom stereocenters. The average Bonchev–Trinajstić information content (AvgIpc) is 2.80. The average molecular weight is 516 g/mol. The fourth-order valence-corrected chi connectivity index (χ4v) is 4.79. The molecule has 8 heteroatoms. The number of rotatable bonds is 9. The van der Waals surface area contributed by atoms with Gasteiger partial charge < -0.3 is 9.84 Å². The summed E-state index contributed by atoms with van der Waals surface area (Å²) in [7, 11) is 0. The number of nitrogens with zero attached hydrogens (tertiary/aromatic N) is 3. The monoisotopic (exact) mass is 515 g/mol. The van der Waals surface area contributed by atoms with E-state index in [-0.39, 0.29) is 34.3 Å². The number of fused-ring (bicyclic) bond motifs is 1. The first-order valence-corrected chi connectivity index (χ1v) is 12.9. The minimum atomic E-state index is -1.35. The van der Waals surface area contributed by atoms with Gasteiger partial charge in [-0.15, -0.1) is 0 Å². The van der Waals surface area contributed by atoms with E-state index in [9.17, 15) is 9.90 Å². The molecule has 0 aromatic carbocycles. The second-order valence-electron chi connectivity index (χ2n) is 10.0. The number of aliphatic hydroxyl groups is 1. The van der Waals surface area contributed by atoms with E-state index in [1.165, 1.54) is 6.20 Å². The molecule has 194 valence electrons. The number of ether oxygens (including phenoxy) is 1. The summed E-state index contributed by atoms with van der Waals surface area (Å²) in [6.07, 6.45) is 6.46. The van der Waals surface area contributed by atoms with Gasteiger partial charge in [0.15, 0.2) is 11.6 Å². The summed E-state index contributed by atoms with van der Waals surface area (Å²) in [4.78, 5) is 25.5. The molecule has 2 aromatic heterocycles. The molecule has 2 heterocycles. The van der Waals surface area contributed by atoms with Crippen molar-refractivity contribution in [1.29, 1.82) is 0 Å². The van der Waals surface area contributed by atoms with E-state index in [0.29, 0.717) is 24.8 Å². The zero-order valence-corrected chi connectivity index (χ0v) is 22.9. The number of hydrogen-bond donors (Lipinski definition) is 1. The van der Waals surface area contributed by atoms with Crippen LogP contribution in [0.4, 0.5) is 4.39 Å². The Balaban J connectivity index is 2.20. The molecule has 2 aromatic rings. The van der Waals surface area contributed by atoms with Crippen LogP contribution in [0.25, 0.3) is 5.57 Å². The lowest BCUT2D eigenvalue weighted by atomic mass is 9.78. The maximum Gasteiger partial charge on any atom is 0.258 e. The van der Waals surface area contributed by atoms with Gasteiger partial charge in [0.25, 0.3) is 5.88 Å². The highest BCUT2D eigenvalue weighted by atomic mass is 35.5. The van der Waals surface area contributed by atoms with E-state index in [1.807, 2.05) is 27.7 Å². The van der Waals surface area contributed by atoms with Crippen LogP contribution in [0.5, 0.6) is 11.8 Å². The zero-order valence-electron chi connectivity index (χ0n) is 22.1. The molecule has 0 fully saturated rings. The maximum absolute atomic E-state index is 16.1. The first-order valence-electron chi connectivity index (χ1n) is 12.5. The summed E-state index contributed by atoms with van der Waals surface area (Å²) < 4.78 is 21.9. The van der Waals surface area contributed by atoms with Gasteiger partial charge in [-0.2, -0.15) is 4.98 Å². The third-order valence-corrected chi connectivity index (χ3v) is 6.61. The van der Waals surface area contributed by atoms with Crippen molar-refractivity contribution < 1.29 is 19.0 Å². The van der Waals surface area contributed by atoms with Crippen LogP contribution >= 0.6 is 11.6 Å². The topological polar surface area (TPSA) is 85.2 Å². The molecule has 0 bridgehead atoms. The van der Waals surface area contributed by atoms with Gasteiger partial charge in [-0.25, -0.2) is 14.4 Å². The first kappa shape index (κ1) is 27.9. The normalized spacial score (nSPS) is 14.6. The lowest BCUT2D eigenvalue weighted by Crippen LogP contribution is -2.19. The van der Waals surface area contributed by atoms with Crippen molar-refractivity contribution in [3.8, 4) is 11.8 Å². The van der Waals surface area contributed by atoms with Crippen molar-refractivity contribution in [2.24, 2.45) is 5.92 Å². The number of carbonyl (C=O) groups is 1. The number of allylic oxidation sites excluding steroid dienone is 4. The molecule has 1 aliphatic rings. The Morgan fingerprint density at radius 1 is 1.19 bits per heavy atom. The molecule has 0 spiro atoms. The summed E-state index contributed by atoms with van der Waals surface area (Å²) in [6, 6.07) is 0.